The van der Waals surface area contributed by atoms with E-state index < -0.39 is 12.1 Å². The van der Waals surface area contributed by atoms with Crippen molar-refractivity contribution in [2.75, 3.05) is 20.7 Å². The van der Waals surface area contributed by atoms with Crippen molar-refractivity contribution in [3.05, 3.63) is 48.8 Å². The monoisotopic (exact) mass is 366 g/mol. The lowest BCUT2D eigenvalue weighted by atomic mass is 10.2. The molecule has 1 aromatic carbocycles. The maximum atomic E-state index is 12.7. The molecule has 8 nitrogen and oxygen atoms in total. The number of amidine groups is 1. The minimum Gasteiger partial charge on any atom is -0.486 e. The number of imide groups is 1. The Hall–Kier alpha value is -3.42. The van der Waals surface area contributed by atoms with E-state index >= 15 is 0 Å². The van der Waals surface area contributed by atoms with Gasteiger partial charge in [-0.1, -0.05) is 29.8 Å². The Morgan fingerprint density at radius 3 is 2.74 bits per heavy atom. The zero-order valence-electron chi connectivity index (χ0n) is 15.4. The standard InChI is InChI=1S/C19H20N5O3/c1-5-10-27-14-9-7-6-8-13(14)24-12(2)11-23-15-16(20-18(23)24)21(3)19(26)22(4)17(15)25/h5-9,11,15H,1,10H2,2-4H3/q+1. The third kappa shape index (κ3) is 2.37. The lowest BCUT2D eigenvalue weighted by Crippen LogP contribution is -2.61. The summed E-state index contributed by atoms with van der Waals surface area (Å²) in [6.45, 7) is 6.01. The molecule has 3 heterocycles. The Balaban J connectivity index is 1.88. The SMILES string of the molecule is C=CCOc1ccccc1-n1c(C)c[n+]2c1N=C1C2C(=O)N(C)C(=O)N1C. The van der Waals surface area contributed by atoms with Crippen LogP contribution in [0.3, 0.4) is 0 Å². The number of hydrogen-bond acceptors (Lipinski definition) is 4. The fraction of sp³-hybridized carbons (Fsp3) is 0.263. The van der Waals surface area contributed by atoms with Gasteiger partial charge in [0, 0.05) is 14.1 Å². The van der Waals surface area contributed by atoms with E-state index in [0.29, 0.717) is 24.1 Å². The van der Waals surface area contributed by atoms with Gasteiger partial charge in [-0.05, 0) is 19.1 Å². The molecular weight excluding hydrogens is 346 g/mol. The molecule has 8 heteroatoms. The Bertz CT molecular complexity index is 1010. The van der Waals surface area contributed by atoms with Gasteiger partial charge >= 0.3 is 12.0 Å². The molecular formula is C19H20N5O3+. The third-order valence-electron chi connectivity index (χ3n) is 4.79. The summed E-state index contributed by atoms with van der Waals surface area (Å²) in [7, 11) is 3.11. The van der Waals surface area contributed by atoms with E-state index in [4.69, 9.17) is 4.74 Å². The predicted molar refractivity (Wildman–Crippen MR) is 98.5 cm³/mol. The molecule has 1 fully saturated rings. The van der Waals surface area contributed by atoms with Crippen LogP contribution in [0.5, 0.6) is 5.75 Å². The molecule has 4 rings (SSSR count). The number of imidazole rings is 1. The number of urea groups is 1. The van der Waals surface area contributed by atoms with Crippen LogP contribution in [0, 0.1) is 6.92 Å². The van der Waals surface area contributed by atoms with Crippen molar-refractivity contribution in [2.24, 2.45) is 4.99 Å². The van der Waals surface area contributed by atoms with Gasteiger partial charge in [-0.25, -0.2) is 9.36 Å². The summed E-state index contributed by atoms with van der Waals surface area (Å²) in [6, 6.07) is 6.57. The molecule has 2 aliphatic heterocycles. The molecule has 2 aromatic rings. The molecule has 27 heavy (non-hydrogen) atoms. The second kappa shape index (κ2) is 6.08. The largest absolute Gasteiger partial charge is 0.486 e. The number of aliphatic imine (C=N–C) groups is 1. The van der Waals surface area contributed by atoms with E-state index in [1.165, 1.54) is 11.9 Å². The summed E-state index contributed by atoms with van der Waals surface area (Å²) in [6.07, 6.45) is 3.55. The number of fused-ring (bicyclic) bond motifs is 3. The zero-order chi connectivity index (χ0) is 19.3. The average Bonchev–Trinajstić information content (AvgIpc) is 3.18. The van der Waals surface area contributed by atoms with Gasteiger partial charge in [-0.2, -0.15) is 4.57 Å². The lowest BCUT2D eigenvalue weighted by molar-refractivity contribution is -0.676. The van der Waals surface area contributed by atoms with Gasteiger partial charge in [0.05, 0.1) is 0 Å². The topological polar surface area (TPSA) is 71.0 Å². The summed E-state index contributed by atoms with van der Waals surface area (Å²) in [5.74, 6) is 1.39. The first kappa shape index (κ1) is 17.0. The second-order valence-corrected chi connectivity index (χ2v) is 6.49. The van der Waals surface area contributed by atoms with Gasteiger partial charge in [0.1, 0.15) is 24.2 Å². The van der Waals surface area contributed by atoms with Crippen LogP contribution >= 0.6 is 0 Å². The fourth-order valence-corrected chi connectivity index (χ4v) is 3.47. The number of nitrogens with zero attached hydrogens (tertiary/aromatic N) is 5. The van der Waals surface area contributed by atoms with Gasteiger partial charge in [0.15, 0.2) is 5.75 Å². The molecule has 0 radical (unpaired) electrons. The van der Waals surface area contributed by atoms with Crippen LogP contribution in [0.1, 0.15) is 11.7 Å². The number of hydrogen-bond donors (Lipinski definition) is 0. The molecule has 1 aromatic heterocycles. The summed E-state index contributed by atoms with van der Waals surface area (Å²) < 4.78 is 9.51. The van der Waals surface area contributed by atoms with Gasteiger partial charge in [0.25, 0.3) is 5.91 Å². The highest BCUT2D eigenvalue weighted by Gasteiger charge is 2.52. The van der Waals surface area contributed by atoms with Crippen molar-refractivity contribution in [3.63, 3.8) is 0 Å². The Morgan fingerprint density at radius 2 is 2.00 bits per heavy atom. The number of amides is 3. The van der Waals surface area contributed by atoms with Gasteiger partial charge in [0.2, 0.25) is 11.9 Å². The minimum atomic E-state index is -0.645. The summed E-state index contributed by atoms with van der Waals surface area (Å²) >= 11 is 0. The van der Waals surface area contributed by atoms with Crippen LogP contribution in [0.2, 0.25) is 0 Å². The summed E-state index contributed by atoms with van der Waals surface area (Å²) in [4.78, 5) is 32.1. The molecule has 0 N–H and O–H groups in total. The molecule has 0 bridgehead atoms. The van der Waals surface area contributed by atoms with E-state index in [1.54, 1.807) is 17.7 Å². The molecule has 1 saturated heterocycles. The third-order valence-corrected chi connectivity index (χ3v) is 4.79. The first-order valence-electron chi connectivity index (χ1n) is 8.56. The van der Waals surface area contributed by atoms with E-state index in [2.05, 4.69) is 11.6 Å². The fourth-order valence-electron chi connectivity index (χ4n) is 3.47. The number of ether oxygens (including phenoxy) is 1. The number of aryl methyl sites for hydroxylation is 1. The number of aromatic nitrogens is 2. The highest BCUT2D eigenvalue weighted by Crippen LogP contribution is 2.33. The normalized spacial score (nSPS) is 18.3. The lowest BCUT2D eigenvalue weighted by Gasteiger charge is -2.30. The van der Waals surface area contributed by atoms with Crippen molar-refractivity contribution in [3.8, 4) is 11.4 Å². The summed E-state index contributed by atoms with van der Waals surface area (Å²) in [5.41, 5.74) is 1.71. The highest BCUT2D eigenvalue weighted by atomic mass is 16.5. The molecule has 0 spiro atoms. The highest BCUT2D eigenvalue weighted by molar-refractivity contribution is 6.18. The van der Waals surface area contributed by atoms with E-state index in [9.17, 15) is 9.59 Å². The van der Waals surface area contributed by atoms with Crippen LogP contribution in [0.15, 0.2) is 48.1 Å². The quantitative estimate of drug-likeness (QED) is 0.611. The van der Waals surface area contributed by atoms with E-state index in [0.717, 1.165) is 16.3 Å². The first-order valence-corrected chi connectivity index (χ1v) is 8.56. The van der Waals surface area contributed by atoms with Crippen molar-refractivity contribution < 1.29 is 18.9 Å². The molecule has 3 amide bonds. The smallest absolute Gasteiger partial charge is 0.407 e. The minimum absolute atomic E-state index is 0.297. The van der Waals surface area contributed by atoms with Crippen LogP contribution in [0.25, 0.3) is 5.69 Å². The number of rotatable bonds is 4. The van der Waals surface area contributed by atoms with Crippen molar-refractivity contribution in [1.82, 2.24) is 14.4 Å². The zero-order valence-corrected chi connectivity index (χ0v) is 15.4. The predicted octanol–water partition coefficient (Wildman–Crippen LogP) is 1.75. The first-order chi connectivity index (χ1) is 13.0. The molecule has 1 unspecified atom stereocenters. The number of likely N-dealkylation sites (N-methyl/N-ethyl adjacent to an activating group) is 2. The number of benzene rings is 1. The second-order valence-electron chi connectivity index (χ2n) is 6.49. The summed E-state index contributed by atoms with van der Waals surface area (Å²) in [5, 5.41) is 0. The maximum Gasteiger partial charge on any atom is 0.407 e. The van der Waals surface area contributed by atoms with Gasteiger partial charge in [-0.3, -0.25) is 14.6 Å². The van der Waals surface area contributed by atoms with Crippen molar-refractivity contribution in [2.45, 2.75) is 13.0 Å². The molecule has 138 valence electrons. The van der Waals surface area contributed by atoms with Crippen molar-refractivity contribution in [1.29, 1.82) is 0 Å². The maximum absolute atomic E-state index is 12.7. The molecule has 0 aliphatic carbocycles. The Morgan fingerprint density at radius 1 is 1.26 bits per heavy atom. The molecule has 0 saturated carbocycles. The van der Waals surface area contributed by atoms with E-state index in [-0.39, 0.29) is 5.91 Å². The van der Waals surface area contributed by atoms with Crippen LogP contribution in [0.4, 0.5) is 10.7 Å². The number of carbonyl (C=O) groups is 2. The number of carbonyl (C=O) groups excluding carboxylic acids is 2. The number of para-hydroxylation sites is 2. The molecule has 2 aliphatic rings. The Kier molecular flexibility index (Phi) is 3.83. The Labute approximate surface area is 156 Å². The van der Waals surface area contributed by atoms with Crippen LogP contribution in [-0.4, -0.2) is 52.8 Å². The van der Waals surface area contributed by atoms with Gasteiger partial charge < -0.3 is 4.74 Å². The van der Waals surface area contributed by atoms with Crippen LogP contribution < -0.4 is 9.30 Å². The van der Waals surface area contributed by atoms with Crippen LogP contribution in [-0.2, 0) is 4.79 Å². The molecule has 1 atom stereocenters. The average molecular weight is 366 g/mol. The van der Waals surface area contributed by atoms with E-state index in [1.807, 2.05) is 42.0 Å². The van der Waals surface area contributed by atoms with Gasteiger partial charge in [-0.15, -0.1) is 0 Å². The van der Waals surface area contributed by atoms with Crippen molar-refractivity contribution >= 4 is 23.7 Å².